The second-order valence-corrected chi connectivity index (χ2v) is 9.67. The molecule has 2 aliphatic rings. The molecule has 5 rings (SSSR count). The average Bonchev–Trinajstić information content (AvgIpc) is 3.17. The summed E-state index contributed by atoms with van der Waals surface area (Å²) in [5.41, 5.74) is 4.54. The number of nitrogens with zero attached hydrogens (tertiary/aromatic N) is 2. The monoisotopic (exact) mass is 476 g/mol. The molecular formula is C27H29ClN4O2. The van der Waals surface area contributed by atoms with Gasteiger partial charge in [-0.3, -0.25) is 9.69 Å². The van der Waals surface area contributed by atoms with E-state index in [4.69, 9.17) is 11.6 Å². The molecule has 34 heavy (non-hydrogen) atoms. The first-order valence-corrected chi connectivity index (χ1v) is 12.3. The third-order valence-corrected chi connectivity index (χ3v) is 7.19. The molecule has 3 aromatic rings. The smallest absolute Gasteiger partial charge is 0.321 e. The molecule has 176 valence electrons. The van der Waals surface area contributed by atoms with Gasteiger partial charge >= 0.3 is 6.03 Å². The molecule has 0 unspecified atom stereocenters. The lowest BCUT2D eigenvalue weighted by Crippen LogP contribution is -2.41. The third kappa shape index (κ3) is 4.55. The number of urea groups is 1. The van der Waals surface area contributed by atoms with Crippen LogP contribution in [0.4, 0.5) is 16.2 Å². The highest BCUT2D eigenvalue weighted by atomic mass is 35.5. The number of hydrogen-bond donors (Lipinski definition) is 2. The average molecular weight is 477 g/mol. The first-order valence-electron chi connectivity index (χ1n) is 11.9. The van der Waals surface area contributed by atoms with Crippen LogP contribution in [0.1, 0.15) is 43.4 Å². The summed E-state index contributed by atoms with van der Waals surface area (Å²) in [5.74, 6) is 0.449. The fourth-order valence-corrected chi connectivity index (χ4v) is 5.33. The molecule has 0 spiro atoms. The molecular weight excluding hydrogens is 448 g/mol. The second-order valence-electron chi connectivity index (χ2n) is 9.23. The Balaban J connectivity index is 1.39. The SMILES string of the molecule is CN1C(=O)NCc2c(NC(=O)/C=C/c3cc4cc(Cl)ccc4n3CC3CCCCC3)cccc21. The van der Waals surface area contributed by atoms with E-state index in [2.05, 4.69) is 27.3 Å². The van der Waals surface area contributed by atoms with Crippen LogP contribution in [-0.2, 0) is 17.9 Å². The molecule has 0 atom stereocenters. The van der Waals surface area contributed by atoms with Gasteiger partial charge in [-0.1, -0.05) is 36.9 Å². The zero-order chi connectivity index (χ0) is 23.7. The molecule has 1 aliphatic carbocycles. The molecule has 7 heteroatoms. The minimum Gasteiger partial charge on any atom is -0.341 e. The highest BCUT2D eigenvalue weighted by Crippen LogP contribution is 2.31. The summed E-state index contributed by atoms with van der Waals surface area (Å²) in [6.07, 6.45) is 9.88. The number of benzene rings is 2. The summed E-state index contributed by atoms with van der Waals surface area (Å²) >= 11 is 6.25. The molecule has 0 saturated heterocycles. The van der Waals surface area contributed by atoms with E-state index in [1.165, 1.54) is 32.1 Å². The van der Waals surface area contributed by atoms with E-state index in [9.17, 15) is 9.59 Å². The van der Waals surface area contributed by atoms with Crippen LogP contribution in [0.2, 0.25) is 5.02 Å². The Kier molecular flexibility index (Phi) is 6.33. The minimum absolute atomic E-state index is 0.151. The van der Waals surface area contributed by atoms with Crippen LogP contribution in [0.15, 0.2) is 48.5 Å². The molecule has 1 fully saturated rings. The van der Waals surface area contributed by atoms with Crippen molar-refractivity contribution in [2.75, 3.05) is 17.3 Å². The molecule has 1 saturated carbocycles. The molecule has 3 amide bonds. The molecule has 2 heterocycles. The largest absolute Gasteiger partial charge is 0.341 e. The highest BCUT2D eigenvalue weighted by molar-refractivity contribution is 6.31. The first-order chi connectivity index (χ1) is 16.5. The van der Waals surface area contributed by atoms with Crippen LogP contribution < -0.4 is 15.5 Å². The highest BCUT2D eigenvalue weighted by Gasteiger charge is 2.23. The predicted octanol–water partition coefficient (Wildman–Crippen LogP) is 6.19. The van der Waals surface area contributed by atoms with E-state index in [-0.39, 0.29) is 11.9 Å². The van der Waals surface area contributed by atoms with Gasteiger partial charge in [0.25, 0.3) is 0 Å². The summed E-state index contributed by atoms with van der Waals surface area (Å²) in [6.45, 7) is 1.33. The molecule has 0 radical (unpaired) electrons. The molecule has 0 bridgehead atoms. The van der Waals surface area contributed by atoms with Crippen LogP contribution in [0.25, 0.3) is 17.0 Å². The van der Waals surface area contributed by atoms with Crippen molar-refractivity contribution in [3.8, 4) is 0 Å². The number of halogens is 1. The Hall–Kier alpha value is -3.25. The number of hydrogen-bond acceptors (Lipinski definition) is 2. The van der Waals surface area contributed by atoms with Crippen molar-refractivity contribution >= 4 is 51.9 Å². The summed E-state index contributed by atoms with van der Waals surface area (Å²) < 4.78 is 2.32. The Labute approximate surface area is 204 Å². The summed E-state index contributed by atoms with van der Waals surface area (Å²) in [7, 11) is 1.72. The maximum absolute atomic E-state index is 12.9. The van der Waals surface area contributed by atoms with Gasteiger partial charge in [0.1, 0.15) is 0 Å². The van der Waals surface area contributed by atoms with Crippen LogP contribution >= 0.6 is 11.6 Å². The third-order valence-electron chi connectivity index (χ3n) is 6.96. The van der Waals surface area contributed by atoms with Crippen molar-refractivity contribution in [3.05, 3.63) is 64.8 Å². The summed E-state index contributed by atoms with van der Waals surface area (Å²) in [4.78, 5) is 26.3. The van der Waals surface area contributed by atoms with Crippen LogP contribution in [-0.4, -0.2) is 23.6 Å². The van der Waals surface area contributed by atoms with E-state index in [1.807, 2.05) is 36.4 Å². The Morgan fingerprint density at radius 2 is 2.00 bits per heavy atom. The Morgan fingerprint density at radius 1 is 1.18 bits per heavy atom. The maximum Gasteiger partial charge on any atom is 0.321 e. The fourth-order valence-electron chi connectivity index (χ4n) is 5.15. The lowest BCUT2D eigenvalue weighted by molar-refractivity contribution is -0.111. The number of fused-ring (bicyclic) bond motifs is 2. The lowest BCUT2D eigenvalue weighted by Gasteiger charge is -2.28. The van der Waals surface area contributed by atoms with Gasteiger partial charge in [0.2, 0.25) is 5.91 Å². The van der Waals surface area contributed by atoms with Gasteiger partial charge < -0.3 is 15.2 Å². The predicted molar refractivity (Wildman–Crippen MR) is 138 cm³/mol. The quantitative estimate of drug-likeness (QED) is 0.431. The second kappa shape index (κ2) is 9.55. The van der Waals surface area contributed by atoms with Crippen molar-refractivity contribution in [2.24, 2.45) is 5.92 Å². The molecule has 2 aromatic carbocycles. The Bertz CT molecular complexity index is 1270. The molecule has 1 aliphatic heterocycles. The number of aromatic nitrogens is 1. The zero-order valence-electron chi connectivity index (χ0n) is 19.3. The van der Waals surface area contributed by atoms with Crippen LogP contribution in [0, 0.1) is 5.92 Å². The number of amides is 3. The maximum atomic E-state index is 12.9. The lowest BCUT2D eigenvalue weighted by atomic mass is 9.89. The molecule has 6 nitrogen and oxygen atoms in total. The summed E-state index contributed by atoms with van der Waals surface area (Å²) in [5, 5.41) is 7.61. The van der Waals surface area contributed by atoms with Crippen LogP contribution in [0.5, 0.6) is 0 Å². The van der Waals surface area contributed by atoms with Gasteiger partial charge in [0.05, 0.1) is 5.69 Å². The first kappa shape index (κ1) is 22.5. The van der Waals surface area contributed by atoms with Crippen molar-refractivity contribution in [1.29, 1.82) is 0 Å². The minimum atomic E-state index is -0.208. The normalized spacial score (nSPS) is 16.6. The van der Waals surface area contributed by atoms with Crippen molar-refractivity contribution < 1.29 is 9.59 Å². The van der Waals surface area contributed by atoms with Crippen molar-refractivity contribution in [2.45, 2.75) is 45.2 Å². The molecule has 1 aromatic heterocycles. The number of nitrogens with one attached hydrogen (secondary N) is 2. The summed E-state index contributed by atoms with van der Waals surface area (Å²) in [6, 6.07) is 13.5. The topological polar surface area (TPSA) is 66.4 Å². The van der Waals surface area contributed by atoms with E-state index in [0.717, 1.165) is 34.4 Å². The van der Waals surface area contributed by atoms with E-state index >= 15 is 0 Å². The fraction of sp³-hybridized carbons (Fsp3) is 0.333. The van der Waals surface area contributed by atoms with E-state index in [1.54, 1.807) is 18.0 Å². The number of rotatable bonds is 5. The standard InChI is InChI=1S/C27H29ClN4O2/c1-31-25-9-5-8-23(22(25)16-29-27(31)34)30-26(33)13-11-21-15-19-14-20(28)10-12-24(19)32(21)17-18-6-3-2-4-7-18/h5,8-15,18H,2-4,6-7,16-17H2,1H3,(H,29,34)(H,30,33)/b13-11+. The van der Waals surface area contributed by atoms with Gasteiger partial charge in [-0.15, -0.1) is 0 Å². The van der Waals surface area contributed by atoms with Crippen molar-refractivity contribution in [3.63, 3.8) is 0 Å². The van der Waals surface area contributed by atoms with Crippen LogP contribution in [0.3, 0.4) is 0 Å². The van der Waals surface area contributed by atoms with Gasteiger partial charge in [-0.25, -0.2) is 4.79 Å². The van der Waals surface area contributed by atoms with E-state index < -0.39 is 0 Å². The van der Waals surface area contributed by atoms with Crippen molar-refractivity contribution in [1.82, 2.24) is 9.88 Å². The zero-order valence-corrected chi connectivity index (χ0v) is 20.1. The Morgan fingerprint density at radius 3 is 2.82 bits per heavy atom. The van der Waals surface area contributed by atoms with E-state index in [0.29, 0.717) is 23.2 Å². The van der Waals surface area contributed by atoms with Gasteiger partial charge in [-0.2, -0.15) is 0 Å². The number of carbonyl (C=O) groups excluding carboxylic acids is 2. The van der Waals surface area contributed by atoms with Gasteiger partial charge in [0, 0.05) is 59.1 Å². The number of carbonyl (C=O) groups is 2. The molecule has 2 N–H and O–H groups in total. The van der Waals surface area contributed by atoms with Gasteiger partial charge in [-0.05, 0) is 61.2 Å². The number of anilines is 2. The van der Waals surface area contributed by atoms with Gasteiger partial charge in [0.15, 0.2) is 0 Å².